The standard InChI is InChI=1S/C15H30N2O3/c1-10(2)13(14(19)20)17-12(18)7-6-11(8-9-16)15(3,4)5/h10-11,13H,6-9,16H2,1-5H3,(H,17,18)(H,19,20)/t11?,13-/m0/s1. The van der Waals surface area contributed by atoms with Crippen LogP contribution in [0.2, 0.25) is 0 Å². The molecular formula is C15H30N2O3. The first-order valence-corrected chi connectivity index (χ1v) is 7.31. The minimum Gasteiger partial charge on any atom is -0.480 e. The summed E-state index contributed by atoms with van der Waals surface area (Å²) >= 11 is 0. The Balaban J connectivity index is 4.42. The predicted octanol–water partition coefficient (Wildman–Crippen LogP) is 2.00. The number of aliphatic carboxylic acids is 1. The van der Waals surface area contributed by atoms with Gasteiger partial charge in [-0.15, -0.1) is 0 Å². The maximum atomic E-state index is 11.9. The number of carbonyl (C=O) groups is 2. The summed E-state index contributed by atoms with van der Waals surface area (Å²) in [6.07, 6.45) is 1.96. The van der Waals surface area contributed by atoms with E-state index < -0.39 is 12.0 Å². The fraction of sp³-hybridized carbons (Fsp3) is 0.867. The summed E-state index contributed by atoms with van der Waals surface area (Å²) in [7, 11) is 0. The van der Waals surface area contributed by atoms with Gasteiger partial charge >= 0.3 is 5.97 Å². The molecule has 4 N–H and O–H groups in total. The SMILES string of the molecule is CC(C)[C@H](NC(=O)CCC(CCN)C(C)(C)C)C(=O)O. The number of carboxylic acid groups (broad SMARTS) is 1. The van der Waals surface area contributed by atoms with Gasteiger partial charge in [0.25, 0.3) is 0 Å². The van der Waals surface area contributed by atoms with Crippen LogP contribution >= 0.6 is 0 Å². The van der Waals surface area contributed by atoms with Crippen molar-refractivity contribution >= 4 is 11.9 Å². The molecule has 0 bridgehead atoms. The fourth-order valence-corrected chi connectivity index (χ4v) is 2.28. The van der Waals surface area contributed by atoms with E-state index in [1.54, 1.807) is 13.8 Å². The Bertz CT molecular complexity index is 322. The number of rotatable bonds is 8. The van der Waals surface area contributed by atoms with Gasteiger partial charge in [0.15, 0.2) is 0 Å². The van der Waals surface area contributed by atoms with Crippen LogP contribution in [0.25, 0.3) is 0 Å². The van der Waals surface area contributed by atoms with Gasteiger partial charge in [-0.3, -0.25) is 4.79 Å². The van der Waals surface area contributed by atoms with Gasteiger partial charge < -0.3 is 16.2 Å². The van der Waals surface area contributed by atoms with Gasteiger partial charge in [0.1, 0.15) is 6.04 Å². The van der Waals surface area contributed by atoms with Crippen molar-refractivity contribution in [1.82, 2.24) is 5.32 Å². The van der Waals surface area contributed by atoms with E-state index >= 15 is 0 Å². The van der Waals surface area contributed by atoms with Crippen molar-refractivity contribution < 1.29 is 14.7 Å². The first-order valence-electron chi connectivity index (χ1n) is 7.31. The Hall–Kier alpha value is -1.10. The van der Waals surface area contributed by atoms with Crippen LogP contribution in [0.4, 0.5) is 0 Å². The molecule has 5 heteroatoms. The first-order chi connectivity index (χ1) is 9.09. The van der Waals surface area contributed by atoms with Crippen LogP contribution in [-0.2, 0) is 9.59 Å². The summed E-state index contributed by atoms with van der Waals surface area (Å²) in [6.45, 7) is 10.6. The lowest BCUT2D eigenvalue weighted by Gasteiger charge is -2.30. The van der Waals surface area contributed by atoms with E-state index in [2.05, 4.69) is 26.1 Å². The molecule has 0 aliphatic rings. The Morgan fingerprint density at radius 3 is 2.10 bits per heavy atom. The second kappa shape index (κ2) is 8.25. The maximum absolute atomic E-state index is 11.9. The summed E-state index contributed by atoms with van der Waals surface area (Å²) in [4.78, 5) is 22.9. The van der Waals surface area contributed by atoms with Gasteiger partial charge in [0.05, 0.1) is 0 Å². The minimum atomic E-state index is -0.984. The molecule has 0 saturated heterocycles. The smallest absolute Gasteiger partial charge is 0.326 e. The van der Waals surface area contributed by atoms with Gasteiger partial charge in [0.2, 0.25) is 5.91 Å². The number of carboxylic acids is 1. The van der Waals surface area contributed by atoms with Gasteiger partial charge in [0, 0.05) is 6.42 Å². The van der Waals surface area contributed by atoms with Gasteiger partial charge in [-0.25, -0.2) is 4.79 Å². The number of hydrogen-bond acceptors (Lipinski definition) is 3. The molecule has 2 atom stereocenters. The third-order valence-corrected chi connectivity index (χ3v) is 3.71. The molecule has 20 heavy (non-hydrogen) atoms. The van der Waals surface area contributed by atoms with Crippen molar-refractivity contribution in [2.45, 2.75) is 59.9 Å². The van der Waals surface area contributed by atoms with Crippen LogP contribution in [0.15, 0.2) is 0 Å². The molecule has 0 rings (SSSR count). The zero-order valence-electron chi connectivity index (χ0n) is 13.4. The molecule has 0 fully saturated rings. The topological polar surface area (TPSA) is 92.4 Å². The summed E-state index contributed by atoms with van der Waals surface area (Å²) in [5, 5.41) is 11.6. The van der Waals surface area contributed by atoms with E-state index in [4.69, 9.17) is 10.8 Å². The quantitative estimate of drug-likeness (QED) is 0.636. The molecule has 0 aromatic heterocycles. The van der Waals surface area contributed by atoms with E-state index in [1.165, 1.54) is 0 Å². The summed E-state index contributed by atoms with van der Waals surface area (Å²) < 4.78 is 0. The average molecular weight is 286 g/mol. The van der Waals surface area contributed by atoms with E-state index in [9.17, 15) is 9.59 Å². The average Bonchev–Trinajstić information content (AvgIpc) is 2.29. The first kappa shape index (κ1) is 18.9. The molecule has 5 nitrogen and oxygen atoms in total. The Labute approximate surface area is 122 Å². The van der Waals surface area contributed by atoms with E-state index in [1.807, 2.05) is 0 Å². The summed E-state index contributed by atoms with van der Waals surface area (Å²) in [6, 6.07) is -0.815. The maximum Gasteiger partial charge on any atom is 0.326 e. The molecule has 0 radical (unpaired) electrons. The van der Waals surface area contributed by atoms with Crippen molar-refractivity contribution in [3.8, 4) is 0 Å². The zero-order chi connectivity index (χ0) is 15.9. The molecular weight excluding hydrogens is 256 g/mol. The fourth-order valence-electron chi connectivity index (χ4n) is 2.28. The largest absolute Gasteiger partial charge is 0.480 e. The zero-order valence-corrected chi connectivity index (χ0v) is 13.4. The third kappa shape index (κ3) is 6.89. The van der Waals surface area contributed by atoms with Gasteiger partial charge in [-0.2, -0.15) is 0 Å². The number of nitrogens with one attached hydrogen (secondary N) is 1. The number of carbonyl (C=O) groups excluding carboxylic acids is 1. The van der Waals surface area contributed by atoms with E-state index in [-0.39, 0.29) is 17.2 Å². The summed E-state index contributed by atoms with van der Waals surface area (Å²) in [5.74, 6) is -0.945. The Kier molecular flexibility index (Phi) is 7.79. The van der Waals surface area contributed by atoms with E-state index in [0.29, 0.717) is 18.9 Å². The molecule has 0 aromatic carbocycles. The Morgan fingerprint density at radius 2 is 1.75 bits per heavy atom. The van der Waals surface area contributed by atoms with Gasteiger partial charge in [-0.1, -0.05) is 34.6 Å². The molecule has 118 valence electrons. The van der Waals surface area contributed by atoms with Crippen LogP contribution in [-0.4, -0.2) is 29.6 Å². The second-order valence-corrected chi connectivity index (χ2v) is 6.81. The van der Waals surface area contributed by atoms with Crippen LogP contribution in [0, 0.1) is 17.3 Å². The van der Waals surface area contributed by atoms with E-state index in [0.717, 1.165) is 12.8 Å². The molecule has 0 aliphatic carbocycles. The van der Waals surface area contributed by atoms with Crippen LogP contribution < -0.4 is 11.1 Å². The predicted molar refractivity (Wildman–Crippen MR) is 80.3 cm³/mol. The highest BCUT2D eigenvalue weighted by atomic mass is 16.4. The lowest BCUT2D eigenvalue weighted by atomic mass is 9.76. The molecule has 0 heterocycles. The van der Waals surface area contributed by atoms with Crippen molar-refractivity contribution in [1.29, 1.82) is 0 Å². The molecule has 0 aromatic rings. The number of amides is 1. The lowest BCUT2D eigenvalue weighted by molar-refractivity contribution is -0.143. The summed E-state index contributed by atoms with van der Waals surface area (Å²) in [5.41, 5.74) is 5.72. The molecule has 0 saturated carbocycles. The lowest BCUT2D eigenvalue weighted by Crippen LogP contribution is -2.44. The highest BCUT2D eigenvalue weighted by molar-refractivity contribution is 5.83. The Morgan fingerprint density at radius 1 is 1.20 bits per heavy atom. The van der Waals surface area contributed by atoms with Crippen molar-refractivity contribution in [2.75, 3.05) is 6.54 Å². The van der Waals surface area contributed by atoms with Crippen LogP contribution in [0.3, 0.4) is 0 Å². The molecule has 1 amide bonds. The molecule has 1 unspecified atom stereocenters. The monoisotopic (exact) mass is 286 g/mol. The highest BCUT2D eigenvalue weighted by Crippen LogP contribution is 2.32. The second-order valence-electron chi connectivity index (χ2n) is 6.81. The van der Waals surface area contributed by atoms with Crippen LogP contribution in [0.5, 0.6) is 0 Å². The highest BCUT2D eigenvalue weighted by Gasteiger charge is 2.26. The van der Waals surface area contributed by atoms with Crippen LogP contribution in [0.1, 0.15) is 53.9 Å². The van der Waals surface area contributed by atoms with Crippen molar-refractivity contribution in [3.05, 3.63) is 0 Å². The number of hydrogen-bond donors (Lipinski definition) is 3. The minimum absolute atomic E-state index is 0.101. The molecule has 0 aliphatic heterocycles. The van der Waals surface area contributed by atoms with Gasteiger partial charge in [-0.05, 0) is 36.6 Å². The molecule has 0 spiro atoms. The van der Waals surface area contributed by atoms with Crippen molar-refractivity contribution in [3.63, 3.8) is 0 Å². The third-order valence-electron chi connectivity index (χ3n) is 3.71. The number of nitrogens with two attached hydrogens (primary N) is 1. The van der Waals surface area contributed by atoms with Crippen molar-refractivity contribution in [2.24, 2.45) is 23.0 Å². The normalized spacial score (nSPS) is 14.9.